The maximum atomic E-state index is 12.3. The minimum Gasteiger partial charge on any atom is -0.494 e. The molecule has 0 fully saturated rings. The second-order valence-electron chi connectivity index (χ2n) is 5.22. The van der Waals surface area contributed by atoms with Gasteiger partial charge in [-0.2, -0.15) is 4.37 Å². The molecule has 0 aliphatic heterocycles. The number of aromatic nitrogens is 1. The number of rotatable bonds is 7. The lowest BCUT2D eigenvalue weighted by atomic mass is 10.2. The van der Waals surface area contributed by atoms with Crippen LogP contribution in [0.2, 0.25) is 0 Å². The fourth-order valence-electron chi connectivity index (χ4n) is 2.10. The summed E-state index contributed by atoms with van der Waals surface area (Å²) < 4.78 is 14.7. The summed E-state index contributed by atoms with van der Waals surface area (Å²) in [4.78, 5) is 24.5. The van der Waals surface area contributed by atoms with Gasteiger partial charge in [0.15, 0.2) is 6.10 Å². The highest BCUT2D eigenvalue weighted by atomic mass is 32.1. The Balaban J connectivity index is 1.97. The summed E-state index contributed by atoms with van der Waals surface area (Å²) in [5.41, 5.74) is 1.52. The highest BCUT2D eigenvalue weighted by molar-refractivity contribution is 7.10. The Bertz CT molecular complexity index is 743. The fraction of sp³-hybridized carbons (Fsp3) is 0.353. The second kappa shape index (κ2) is 8.48. The van der Waals surface area contributed by atoms with Crippen LogP contribution in [-0.4, -0.2) is 36.0 Å². The molecule has 8 heteroatoms. The van der Waals surface area contributed by atoms with Gasteiger partial charge in [0.25, 0.3) is 5.91 Å². The van der Waals surface area contributed by atoms with Crippen LogP contribution in [0.1, 0.15) is 29.9 Å². The first kappa shape index (κ1) is 18.7. The number of nitrogens with one attached hydrogen (secondary N) is 2. The highest BCUT2D eigenvalue weighted by Crippen LogP contribution is 2.25. The molecule has 0 aliphatic carbocycles. The number of amides is 1. The molecule has 134 valence electrons. The predicted octanol–water partition coefficient (Wildman–Crippen LogP) is 3.08. The summed E-state index contributed by atoms with van der Waals surface area (Å²) in [7, 11) is 1.70. The third-order valence-corrected chi connectivity index (χ3v) is 4.34. The van der Waals surface area contributed by atoms with Gasteiger partial charge >= 0.3 is 5.97 Å². The molecule has 0 saturated carbocycles. The van der Waals surface area contributed by atoms with E-state index in [-0.39, 0.29) is 0 Å². The molecule has 1 heterocycles. The maximum Gasteiger partial charge on any atom is 0.343 e. The molecular formula is C17H21N3O4S. The Hall–Kier alpha value is -2.61. The van der Waals surface area contributed by atoms with E-state index >= 15 is 0 Å². The molecule has 1 aromatic carbocycles. The van der Waals surface area contributed by atoms with Crippen molar-refractivity contribution in [2.45, 2.75) is 26.9 Å². The molecule has 0 saturated heterocycles. The number of ether oxygens (including phenoxy) is 2. The number of benzene rings is 1. The topological polar surface area (TPSA) is 89.5 Å². The number of hydrogen-bond donors (Lipinski definition) is 2. The van der Waals surface area contributed by atoms with E-state index in [4.69, 9.17) is 9.47 Å². The molecule has 0 bridgehead atoms. The van der Waals surface area contributed by atoms with Gasteiger partial charge in [-0.1, -0.05) is 0 Å². The van der Waals surface area contributed by atoms with Gasteiger partial charge in [0, 0.05) is 12.7 Å². The van der Waals surface area contributed by atoms with Crippen molar-refractivity contribution in [3.05, 3.63) is 35.5 Å². The van der Waals surface area contributed by atoms with Crippen molar-refractivity contribution in [3.63, 3.8) is 0 Å². The normalized spacial score (nSPS) is 11.5. The first-order valence-corrected chi connectivity index (χ1v) is 8.62. The Kier molecular flexibility index (Phi) is 6.35. The van der Waals surface area contributed by atoms with Crippen LogP contribution in [0.5, 0.6) is 5.75 Å². The minimum atomic E-state index is -0.942. The maximum absolute atomic E-state index is 12.3. The minimum absolute atomic E-state index is 0.355. The van der Waals surface area contributed by atoms with Gasteiger partial charge in [-0.25, -0.2) is 4.79 Å². The Morgan fingerprint density at radius 1 is 1.28 bits per heavy atom. The summed E-state index contributed by atoms with van der Waals surface area (Å²) in [5, 5.41) is 6.22. The molecule has 1 amide bonds. The van der Waals surface area contributed by atoms with Crippen LogP contribution >= 0.6 is 11.5 Å². The molecule has 7 nitrogen and oxygen atoms in total. The summed E-state index contributed by atoms with van der Waals surface area (Å²) in [5.74, 6) is -0.269. The molecule has 2 N–H and O–H groups in total. The molecule has 0 radical (unpaired) electrons. The zero-order valence-electron chi connectivity index (χ0n) is 14.6. The zero-order valence-corrected chi connectivity index (χ0v) is 15.4. The van der Waals surface area contributed by atoms with Crippen LogP contribution in [0, 0.1) is 6.92 Å². The van der Waals surface area contributed by atoms with Crippen LogP contribution in [0.4, 0.5) is 10.7 Å². The van der Waals surface area contributed by atoms with Gasteiger partial charge < -0.3 is 20.1 Å². The summed E-state index contributed by atoms with van der Waals surface area (Å²) >= 11 is 1.17. The van der Waals surface area contributed by atoms with Gasteiger partial charge in [-0.05, 0) is 56.6 Å². The van der Waals surface area contributed by atoms with Crippen molar-refractivity contribution >= 4 is 34.1 Å². The number of anilines is 2. The molecule has 1 aromatic heterocycles. The number of aryl methyl sites for hydroxylation is 1. The van der Waals surface area contributed by atoms with Crippen LogP contribution in [-0.2, 0) is 9.53 Å². The number of esters is 1. The smallest absolute Gasteiger partial charge is 0.343 e. The van der Waals surface area contributed by atoms with Gasteiger partial charge in [-0.15, -0.1) is 0 Å². The molecule has 1 unspecified atom stereocenters. The third kappa shape index (κ3) is 4.69. The Labute approximate surface area is 150 Å². The van der Waals surface area contributed by atoms with E-state index in [2.05, 4.69) is 15.0 Å². The SMILES string of the molecule is CCOc1ccc(NC(=O)C(C)OC(=O)c2c(C)nsc2NC)cc1. The van der Waals surface area contributed by atoms with E-state index in [0.29, 0.717) is 28.6 Å². The van der Waals surface area contributed by atoms with E-state index in [1.807, 2.05) is 6.92 Å². The second-order valence-corrected chi connectivity index (χ2v) is 5.99. The standard InChI is InChI=1S/C17H21N3O4S/c1-5-23-13-8-6-12(7-9-13)19-15(21)11(3)24-17(22)14-10(2)20-25-16(14)18-4/h6-9,11,18H,5H2,1-4H3,(H,19,21). The van der Waals surface area contributed by atoms with Gasteiger partial charge in [-0.3, -0.25) is 4.79 Å². The molecule has 2 aromatic rings. The van der Waals surface area contributed by atoms with Crippen LogP contribution in [0.15, 0.2) is 24.3 Å². The molecule has 1 atom stereocenters. The average Bonchev–Trinajstić information content (AvgIpc) is 2.97. The monoisotopic (exact) mass is 363 g/mol. The lowest BCUT2D eigenvalue weighted by Gasteiger charge is -2.14. The molecule has 0 spiro atoms. The first-order valence-electron chi connectivity index (χ1n) is 7.85. The average molecular weight is 363 g/mol. The van der Waals surface area contributed by atoms with Crippen molar-refractivity contribution in [2.24, 2.45) is 0 Å². The molecule has 25 heavy (non-hydrogen) atoms. The van der Waals surface area contributed by atoms with Crippen molar-refractivity contribution in [2.75, 3.05) is 24.3 Å². The Morgan fingerprint density at radius 3 is 2.56 bits per heavy atom. The van der Waals surface area contributed by atoms with Crippen molar-refractivity contribution in [1.82, 2.24) is 4.37 Å². The number of nitrogens with zero attached hydrogens (tertiary/aromatic N) is 1. The largest absolute Gasteiger partial charge is 0.494 e. The van der Waals surface area contributed by atoms with E-state index in [9.17, 15) is 9.59 Å². The van der Waals surface area contributed by atoms with Crippen LogP contribution in [0.3, 0.4) is 0 Å². The van der Waals surface area contributed by atoms with E-state index in [0.717, 1.165) is 5.75 Å². The molecule has 2 rings (SSSR count). The quantitative estimate of drug-likeness (QED) is 0.735. The lowest BCUT2D eigenvalue weighted by molar-refractivity contribution is -0.123. The Morgan fingerprint density at radius 2 is 1.96 bits per heavy atom. The fourth-order valence-corrected chi connectivity index (χ4v) is 2.83. The van der Waals surface area contributed by atoms with E-state index in [1.54, 1.807) is 38.2 Å². The molecular weight excluding hydrogens is 342 g/mol. The first-order chi connectivity index (χ1) is 12.0. The van der Waals surface area contributed by atoms with Crippen LogP contribution < -0.4 is 15.4 Å². The lowest BCUT2D eigenvalue weighted by Crippen LogP contribution is -2.30. The summed E-state index contributed by atoms with van der Waals surface area (Å²) in [6.45, 7) is 5.72. The van der Waals surface area contributed by atoms with Gasteiger partial charge in [0.2, 0.25) is 0 Å². The number of carbonyl (C=O) groups excluding carboxylic acids is 2. The highest BCUT2D eigenvalue weighted by Gasteiger charge is 2.24. The molecule has 0 aliphatic rings. The number of carbonyl (C=O) groups is 2. The van der Waals surface area contributed by atoms with Crippen molar-refractivity contribution in [3.8, 4) is 5.75 Å². The van der Waals surface area contributed by atoms with Crippen molar-refractivity contribution in [1.29, 1.82) is 0 Å². The van der Waals surface area contributed by atoms with E-state index in [1.165, 1.54) is 18.5 Å². The van der Waals surface area contributed by atoms with E-state index < -0.39 is 18.0 Å². The van der Waals surface area contributed by atoms with Crippen molar-refractivity contribution < 1.29 is 19.1 Å². The zero-order chi connectivity index (χ0) is 18.4. The number of hydrogen-bond acceptors (Lipinski definition) is 7. The third-order valence-electron chi connectivity index (χ3n) is 3.38. The van der Waals surface area contributed by atoms with Crippen LogP contribution in [0.25, 0.3) is 0 Å². The predicted molar refractivity (Wildman–Crippen MR) is 97.5 cm³/mol. The summed E-state index contributed by atoms with van der Waals surface area (Å²) in [6.07, 6.45) is -0.942. The summed E-state index contributed by atoms with van der Waals surface area (Å²) in [6, 6.07) is 6.97. The van der Waals surface area contributed by atoms with Gasteiger partial charge in [0.1, 0.15) is 16.3 Å². The van der Waals surface area contributed by atoms with Gasteiger partial charge in [0.05, 0.1) is 12.3 Å².